The summed E-state index contributed by atoms with van der Waals surface area (Å²) in [6.07, 6.45) is 5.67. The number of pyridine rings is 1. The maximum Gasteiger partial charge on any atom is 0.229 e. The van der Waals surface area contributed by atoms with E-state index in [0.29, 0.717) is 28.6 Å². The molecular formula is C26H27ClN6O2. The zero-order chi connectivity index (χ0) is 24.4. The number of halogens is 1. The van der Waals surface area contributed by atoms with Crippen molar-refractivity contribution in [1.82, 2.24) is 19.9 Å². The Hall–Kier alpha value is -3.62. The number of hydrogen-bond donors (Lipinski definition) is 2. The molecule has 1 aliphatic rings. The van der Waals surface area contributed by atoms with Gasteiger partial charge in [-0.15, -0.1) is 0 Å². The quantitative estimate of drug-likeness (QED) is 0.328. The van der Waals surface area contributed by atoms with E-state index >= 15 is 0 Å². The number of nitrogens with one attached hydrogen (secondary N) is 2. The van der Waals surface area contributed by atoms with Crippen LogP contribution in [-0.4, -0.2) is 53.2 Å². The Balaban J connectivity index is 1.27. The van der Waals surface area contributed by atoms with Crippen LogP contribution in [0.4, 0.5) is 23.1 Å². The van der Waals surface area contributed by atoms with E-state index in [1.54, 1.807) is 25.6 Å². The minimum atomic E-state index is 0.210. The molecule has 5 rings (SSSR count). The van der Waals surface area contributed by atoms with E-state index in [9.17, 15) is 0 Å². The molecule has 1 fully saturated rings. The van der Waals surface area contributed by atoms with Gasteiger partial charge in [0.25, 0.3) is 0 Å². The van der Waals surface area contributed by atoms with Crippen LogP contribution in [0.15, 0.2) is 60.9 Å². The number of methoxy groups -OCH3 is 1. The largest absolute Gasteiger partial charge is 0.493 e. The first-order valence-corrected chi connectivity index (χ1v) is 11.8. The first kappa shape index (κ1) is 23.1. The Labute approximate surface area is 209 Å². The average molecular weight is 491 g/mol. The molecule has 4 aromatic rings. The van der Waals surface area contributed by atoms with Crippen LogP contribution in [0.25, 0.3) is 10.9 Å². The van der Waals surface area contributed by atoms with Gasteiger partial charge in [0, 0.05) is 29.4 Å². The lowest BCUT2D eigenvalue weighted by atomic mass is 9.88. The molecule has 180 valence electrons. The van der Waals surface area contributed by atoms with Gasteiger partial charge in [-0.2, -0.15) is 4.98 Å². The fraction of sp³-hybridized carbons (Fsp3) is 0.269. The highest BCUT2D eigenvalue weighted by atomic mass is 35.5. The molecular weight excluding hydrogens is 464 g/mol. The molecule has 0 unspecified atom stereocenters. The molecule has 2 aromatic carbocycles. The number of fused-ring (bicyclic) bond motifs is 1. The normalized spacial score (nSPS) is 17.2. The van der Waals surface area contributed by atoms with E-state index < -0.39 is 0 Å². The van der Waals surface area contributed by atoms with Crippen LogP contribution in [0.1, 0.15) is 12.8 Å². The van der Waals surface area contributed by atoms with Crippen LogP contribution in [0, 0.1) is 0 Å². The number of hydrogen-bond acceptors (Lipinski definition) is 8. The second kappa shape index (κ2) is 9.93. The van der Waals surface area contributed by atoms with Gasteiger partial charge in [-0.25, -0.2) is 4.98 Å². The van der Waals surface area contributed by atoms with Crippen LogP contribution in [-0.2, 0) is 0 Å². The lowest BCUT2D eigenvalue weighted by molar-refractivity contribution is 0.0383. The molecule has 0 bridgehead atoms. The summed E-state index contributed by atoms with van der Waals surface area (Å²) in [5.74, 6) is 2.49. The molecule has 0 spiro atoms. The molecule has 0 atom stereocenters. The Morgan fingerprint density at radius 3 is 2.63 bits per heavy atom. The SMILES string of the molecule is COc1cc(Nc2nccc(Nc3cnc4c(Cl)cccc4c3)n2)ccc1OC1CC(N(C)C)C1. The molecule has 2 N–H and O–H groups in total. The average Bonchev–Trinajstić information content (AvgIpc) is 2.82. The summed E-state index contributed by atoms with van der Waals surface area (Å²) in [6.45, 7) is 0. The second-order valence-electron chi connectivity index (χ2n) is 8.75. The molecule has 0 amide bonds. The zero-order valence-corrected chi connectivity index (χ0v) is 20.6. The van der Waals surface area contributed by atoms with Crippen LogP contribution in [0.2, 0.25) is 5.02 Å². The topological polar surface area (TPSA) is 84.4 Å². The highest BCUT2D eigenvalue weighted by Crippen LogP contribution is 2.36. The number of para-hydroxylation sites is 1. The molecule has 2 heterocycles. The number of aromatic nitrogens is 3. The predicted octanol–water partition coefficient (Wildman–Crippen LogP) is 5.65. The van der Waals surface area contributed by atoms with Crippen LogP contribution < -0.4 is 20.1 Å². The van der Waals surface area contributed by atoms with E-state index in [-0.39, 0.29) is 6.10 Å². The summed E-state index contributed by atoms with van der Waals surface area (Å²) in [6, 6.07) is 15.8. The number of rotatable bonds is 8. The van der Waals surface area contributed by atoms with Gasteiger partial charge in [0.1, 0.15) is 11.9 Å². The molecule has 8 nitrogen and oxygen atoms in total. The minimum absolute atomic E-state index is 0.210. The van der Waals surface area contributed by atoms with Gasteiger partial charge in [0.2, 0.25) is 5.95 Å². The minimum Gasteiger partial charge on any atom is -0.493 e. The Morgan fingerprint density at radius 2 is 1.83 bits per heavy atom. The lowest BCUT2D eigenvalue weighted by Gasteiger charge is -2.39. The summed E-state index contributed by atoms with van der Waals surface area (Å²) >= 11 is 6.22. The monoisotopic (exact) mass is 490 g/mol. The summed E-state index contributed by atoms with van der Waals surface area (Å²) in [7, 11) is 5.84. The first-order chi connectivity index (χ1) is 17.0. The predicted molar refractivity (Wildman–Crippen MR) is 139 cm³/mol. The molecule has 1 saturated carbocycles. The third-order valence-electron chi connectivity index (χ3n) is 6.10. The van der Waals surface area contributed by atoms with E-state index in [1.165, 1.54) is 0 Å². The number of ether oxygens (including phenoxy) is 2. The third kappa shape index (κ3) is 5.23. The standard InChI is InChI=1S/C26H27ClN6O2/c1-33(2)19-13-20(14-19)35-22-8-7-17(12-23(22)34-3)31-26-28-10-9-24(32-26)30-18-11-16-5-4-6-21(27)25(16)29-15-18/h4-12,15,19-20H,13-14H2,1-3H3,(H2,28,30,31,32). The van der Waals surface area contributed by atoms with Gasteiger partial charge in [0.15, 0.2) is 11.5 Å². The van der Waals surface area contributed by atoms with Crippen LogP contribution in [0.3, 0.4) is 0 Å². The lowest BCUT2D eigenvalue weighted by Crippen LogP contribution is -2.46. The van der Waals surface area contributed by atoms with Crippen molar-refractivity contribution in [3.8, 4) is 11.5 Å². The van der Waals surface area contributed by atoms with Gasteiger partial charge < -0.3 is 25.0 Å². The van der Waals surface area contributed by atoms with E-state index in [0.717, 1.165) is 40.9 Å². The number of anilines is 4. The molecule has 0 saturated heterocycles. The van der Waals surface area contributed by atoms with Crippen molar-refractivity contribution in [3.05, 3.63) is 65.9 Å². The summed E-state index contributed by atoms with van der Waals surface area (Å²) in [5, 5.41) is 8.08. The Bertz CT molecular complexity index is 1340. The molecule has 35 heavy (non-hydrogen) atoms. The van der Waals surface area contributed by atoms with Crippen molar-refractivity contribution < 1.29 is 9.47 Å². The third-order valence-corrected chi connectivity index (χ3v) is 6.41. The van der Waals surface area contributed by atoms with Crippen LogP contribution >= 0.6 is 11.6 Å². The van der Waals surface area contributed by atoms with E-state index in [1.807, 2.05) is 42.5 Å². The highest BCUT2D eigenvalue weighted by molar-refractivity contribution is 6.35. The maximum absolute atomic E-state index is 6.22. The van der Waals surface area contributed by atoms with Crippen molar-refractivity contribution in [2.24, 2.45) is 0 Å². The van der Waals surface area contributed by atoms with Gasteiger partial charge >= 0.3 is 0 Å². The summed E-state index contributed by atoms with van der Waals surface area (Å²) in [5.41, 5.74) is 2.37. The van der Waals surface area contributed by atoms with Gasteiger partial charge in [0.05, 0.1) is 29.5 Å². The van der Waals surface area contributed by atoms with Crippen molar-refractivity contribution in [2.45, 2.75) is 25.0 Å². The maximum atomic E-state index is 6.22. The van der Waals surface area contributed by atoms with Gasteiger partial charge in [-0.05, 0) is 57.3 Å². The fourth-order valence-corrected chi connectivity index (χ4v) is 4.27. The number of benzene rings is 2. The van der Waals surface area contributed by atoms with Gasteiger partial charge in [-0.3, -0.25) is 4.98 Å². The first-order valence-electron chi connectivity index (χ1n) is 11.4. The second-order valence-corrected chi connectivity index (χ2v) is 9.15. The van der Waals surface area contributed by atoms with Crippen molar-refractivity contribution in [3.63, 3.8) is 0 Å². The Morgan fingerprint density at radius 1 is 0.971 bits per heavy atom. The molecule has 2 aromatic heterocycles. The summed E-state index contributed by atoms with van der Waals surface area (Å²) < 4.78 is 11.7. The molecule has 1 aliphatic carbocycles. The van der Waals surface area contributed by atoms with Gasteiger partial charge in [-0.1, -0.05) is 23.7 Å². The van der Waals surface area contributed by atoms with Crippen molar-refractivity contribution in [2.75, 3.05) is 31.8 Å². The van der Waals surface area contributed by atoms with E-state index in [4.69, 9.17) is 21.1 Å². The molecule has 0 radical (unpaired) electrons. The number of nitrogens with zero attached hydrogens (tertiary/aromatic N) is 4. The van der Waals surface area contributed by atoms with Crippen molar-refractivity contribution >= 4 is 45.6 Å². The molecule has 9 heteroatoms. The van der Waals surface area contributed by atoms with Crippen molar-refractivity contribution in [1.29, 1.82) is 0 Å². The Kier molecular flexibility index (Phi) is 6.57. The fourth-order valence-electron chi connectivity index (χ4n) is 4.04. The summed E-state index contributed by atoms with van der Waals surface area (Å²) in [4.78, 5) is 15.6. The van der Waals surface area contributed by atoms with E-state index in [2.05, 4.69) is 44.6 Å². The van der Waals surface area contributed by atoms with Crippen LogP contribution in [0.5, 0.6) is 11.5 Å². The molecule has 0 aliphatic heterocycles. The highest BCUT2D eigenvalue weighted by Gasteiger charge is 2.32. The zero-order valence-electron chi connectivity index (χ0n) is 19.8. The smallest absolute Gasteiger partial charge is 0.229 e.